The summed E-state index contributed by atoms with van der Waals surface area (Å²) in [7, 11) is -2.51. The maximum atomic E-state index is 11.9. The van der Waals surface area contributed by atoms with E-state index in [9.17, 15) is 22.8 Å². The number of carbonyl (C=O) groups is 3. The van der Waals surface area contributed by atoms with Gasteiger partial charge in [0.25, 0.3) is 0 Å². The number of carbonyl (C=O) groups excluding carboxylic acids is 3. The van der Waals surface area contributed by atoms with Crippen LogP contribution < -0.4 is 21.1 Å². The molecule has 0 aliphatic rings. The number of rotatable bonds is 8. The van der Waals surface area contributed by atoms with Crippen LogP contribution in [0.3, 0.4) is 0 Å². The molecular formula is C13H18N4O5S. The average Bonchev–Trinajstić information content (AvgIpc) is 2.52. The minimum atomic E-state index is -3.84. The summed E-state index contributed by atoms with van der Waals surface area (Å²) in [5, 5.41) is 4.52. The van der Waals surface area contributed by atoms with E-state index in [-0.39, 0.29) is 4.90 Å². The Kier molecular flexibility index (Phi) is 6.66. The molecule has 0 radical (unpaired) electrons. The second-order valence-corrected chi connectivity index (χ2v) is 6.31. The predicted octanol–water partition coefficient (Wildman–Crippen LogP) is -1.93. The highest BCUT2D eigenvalue weighted by Crippen LogP contribution is 2.06. The van der Waals surface area contributed by atoms with E-state index >= 15 is 0 Å². The largest absolute Gasteiger partial charge is 0.370 e. The Morgan fingerprint density at radius 2 is 1.78 bits per heavy atom. The molecule has 5 N–H and O–H groups in total. The SMILES string of the molecule is CNC(=O)[C@H](CC(N)=O)NC(=O)CNS(=O)(=O)c1ccccc1. The molecule has 0 aliphatic heterocycles. The van der Waals surface area contributed by atoms with Gasteiger partial charge in [0, 0.05) is 7.05 Å². The maximum absolute atomic E-state index is 11.9. The van der Waals surface area contributed by atoms with Crippen LogP contribution in [0.15, 0.2) is 35.2 Å². The minimum Gasteiger partial charge on any atom is -0.370 e. The zero-order chi connectivity index (χ0) is 17.5. The molecule has 1 aromatic rings. The molecule has 126 valence electrons. The van der Waals surface area contributed by atoms with Crippen molar-refractivity contribution in [3.63, 3.8) is 0 Å². The van der Waals surface area contributed by atoms with E-state index in [0.29, 0.717) is 0 Å². The Morgan fingerprint density at radius 3 is 2.30 bits per heavy atom. The molecule has 0 saturated heterocycles. The van der Waals surface area contributed by atoms with Crippen molar-refractivity contribution in [1.29, 1.82) is 0 Å². The molecule has 0 aliphatic carbocycles. The Bertz CT molecular complexity index is 675. The van der Waals surface area contributed by atoms with Crippen LogP contribution >= 0.6 is 0 Å². The topological polar surface area (TPSA) is 147 Å². The number of sulfonamides is 1. The Hall–Kier alpha value is -2.46. The lowest BCUT2D eigenvalue weighted by Gasteiger charge is -2.16. The molecule has 0 unspecified atom stereocenters. The lowest BCUT2D eigenvalue weighted by atomic mass is 10.2. The van der Waals surface area contributed by atoms with Crippen molar-refractivity contribution in [2.75, 3.05) is 13.6 Å². The van der Waals surface area contributed by atoms with E-state index in [1.54, 1.807) is 18.2 Å². The molecule has 0 bridgehead atoms. The molecule has 0 fully saturated rings. The average molecular weight is 342 g/mol. The fourth-order valence-corrected chi connectivity index (χ4v) is 2.68. The minimum absolute atomic E-state index is 0.00721. The highest BCUT2D eigenvalue weighted by Gasteiger charge is 2.23. The van der Waals surface area contributed by atoms with Gasteiger partial charge in [-0.25, -0.2) is 13.1 Å². The van der Waals surface area contributed by atoms with Gasteiger partial charge in [0.15, 0.2) is 0 Å². The van der Waals surface area contributed by atoms with E-state index in [1.807, 2.05) is 0 Å². The van der Waals surface area contributed by atoms with Crippen LogP contribution in [-0.4, -0.2) is 45.8 Å². The zero-order valence-corrected chi connectivity index (χ0v) is 13.2. The first-order valence-electron chi connectivity index (χ1n) is 6.60. The third-order valence-electron chi connectivity index (χ3n) is 2.78. The summed E-state index contributed by atoms with van der Waals surface area (Å²) in [6.07, 6.45) is -0.392. The number of benzene rings is 1. The van der Waals surface area contributed by atoms with Crippen molar-refractivity contribution in [3.05, 3.63) is 30.3 Å². The summed E-state index contributed by atoms with van der Waals surface area (Å²) in [4.78, 5) is 34.2. The molecule has 1 aromatic carbocycles. The van der Waals surface area contributed by atoms with Gasteiger partial charge in [-0.1, -0.05) is 18.2 Å². The van der Waals surface area contributed by atoms with Crippen LogP contribution in [0.5, 0.6) is 0 Å². The van der Waals surface area contributed by atoms with Crippen LogP contribution in [0.25, 0.3) is 0 Å². The summed E-state index contributed by atoms with van der Waals surface area (Å²) >= 11 is 0. The highest BCUT2D eigenvalue weighted by atomic mass is 32.2. The summed E-state index contributed by atoms with van der Waals surface area (Å²) < 4.78 is 26.0. The van der Waals surface area contributed by atoms with Gasteiger partial charge < -0.3 is 16.4 Å². The molecule has 0 saturated carbocycles. The monoisotopic (exact) mass is 342 g/mol. The first kappa shape index (κ1) is 18.6. The van der Waals surface area contributed by atoms with Crippen molar-refractivity contribution in [3.8, 4) is 0 Å². The van der Waals surface area contributed by atoms with Gasteiger partial charge in [-0.05, 0) is 12.1 Å². The molecule has 1 atom stereocenters. The fraction of sp³-hybridized carbons (Fsp3) is 0.308. The van der Waals surface area contributed by atoms with Crippen LogP contribution in [0.2, 0.25) is 0 Å². The molecular weight excluding hydrogens is 324 g/mol. The van der Waals surface area contributed by atoms with Crippen molar-refractivity contribution >= 4 is 27.7 Å². The van der Waals surface area contributed by atoms with E-state index < -0.39 is 46.8 Å². The molecule has 3 amide bonds. The van der Waals surface area contributed by atoms with Gasteiger partial charge in [-0.3, -0.25) is 14.4 Å². The van der Waals surface area contributed by atoms with Gasteiger partial charge in [-0.15, -0.1) is 0 Å². The third-order valence-corrected chi connectivity index (χ3v) is 4.20. The van der Waals surface area contributed by atoms with Gasteiger partial charge >= 0.3 is 0 Å². The van der Waals surface area contributed by atoms with Crippen molar-refractivity contribution < 1.29 is 22.8 Å². The summed E-state index contributed by atoms with van der Waals surface area (Å²) in [5.41, 5.74) is 5.00. The number of hydrogen-bond donors (Lipinski definition) is 4. The first-order chi connectivity index (χ1) is 10.8. The second kappa shape index (κ2) is 8.25. The van der Waals surface area contributed by atoms with Crippen LogP contribution in [-0.2, 0) is 24.4 Å². The van der Waals surface area contributed by atoms with Crippen molar-refractivity contribution in [2.24, 2.45) is 5.73 Å². The summed E-state index contributed by atoms with van der Waals surface area (Å²) in [6.45, 7) is -0.580. The maximum Gasteiger partial charge on any atom is 0.242 e. The lowest BCUT2D eigenvalue weighted by Crippen LogP contribution is -2.50. The molecule has 1 rings (SSSR count). The number of primary amides is 1. The smallest absolute Gasteiger partial charge is 0.242 e. The Morgan fingerprint density at radius 1 is 1.17 bits per heavy atom. The van der Waals surface area contributed by atoms with Crippen LogP contribution in [0.4, 0.5) is 0 Å². The van der Waals surface area contributed by atoms with E-state index in [2.05, 4.69) is 15.4 Å². The molecule has 0 heterocycles. The van der Waals surface area contributed by atoms with Crippen LogP contribution in [0, 0.1) is 0 Å². The number of likely N-dealkylation sites (N-methyl/N-ethyl adjacent to an activating group) is 1. The summed E-state index contributed by atoms with van der Waals surface area (Å²) in [5.74, 6) is -2.15. The molecule has 23 heavy (non-hydrogen) atoms. The van der Waals surface area contributed by atoms with Gasteiger partial charge in [0.1, 0.15) is 6.04 Å². The van der Waals surface area contributed by atoms with Crippen molar-refractivity contribution in [1.82, 2.24) is 15.4 Å². The van der Waals surface area contributed by atoms with E-state index in [0.717, 1.165) is 0 Å². The fourth-order valence-electron chi connectivity index (χ4n) is 1.67. The summed E-state index contributed by atoms with van der Waals surface area (Å²) in [6, 6.07) is 6.34. The van der Waals surface area contributed by atoms with Gasteiger partial charge in [0.2, 0.25) is 27.7 Å². The predicted molar refractivity (Wildman–Crippen MR) is 81.4 cm³/mol. The molecule has 10 heteroatoms. The zero-order valence-electron chi connectivity index (χ0n) is 12.4. The van der Waals surface area contributed by atoms with Gasteiger partial charge in [-0.2, -0.15) is 0 Å². The quantitative estimate of drug-likeness (QED) is 0.434. The van der Waals surface area contributed by atoms with E-state index in [4.69, 9.17) is 5.73 Å². The number of hydrogen-bond acceptors (Lipinski definition) is 5. The number of amides is 3. The van der Waals surface area contributed by atoms with Crippen molar-refractivity contribution in [2.45, 2.75) is 17.4 Å². The standard InChI is InChI=1S/C13H18N4O5S/c1-15-13(20)10(7-11(14)18)17-12(19)8-16-23(21,22)9-5-3-2-4-6-9/h2-6,10,16H,7-8H2,1H3,(H2,14,18)(H,15,20)(H,17,19)/t10-/m0/s1. The second-order valence-electron chi connectivity index (χ2n) is 4.54. The number of nitrogens with two attached hydrogens (primary N) is 1. The molecule has 9 nitrogen and oxygen atoms in total. The Labute approximate surface area is 133 Å². The first-order valence-corrected chi connectivity index (χ1v) is 8.08. The molecule has 0 aromatic heterocycles. The van der Waals surface area contributed by atoms with E-state index in [1.165, 1.54) is 19.2 Å². The third kappa shape index (κ3) is 6.04. The van der Waals surface area contributed by atoms with Gasteiger partial charge in [0.05, 0.1) is 17.9 Å². The lowest BCUT2D eigenvalue weighted by molar-refractivity contribution is -0.130. The normalized spacial score (nSPS) is 12.2. The highest BCUT2D eigenvalue weighted by molar-refractivity contribution is 7.89. The molecule has 0 spiro atoms. The van der Waals surface area contributed by atoms with Crippen LogP contribution in [0.1, 0.15) is 6.42 Å². The Balaban J connectivity index is 2.65. The number of nitrogens with one attached hydrogen (secondary N) is 3.